The van der Waals surface area contributed by atoms with Gasteiger partial charge in [-0.15, -0.1) is 0 Å². The summed E-state index contributed by atoms with van der Waals surface area (Å²) in [4.78, 5) is 4.39. The number of halogens is 1. The van der Waals surface area contributed by atoms with E-state index in [1.54, 1.807) is 6.20 Å². The number of fused-ring (bicyclic) bond motifs is 1. The molecule has 1 aliphatic rings. The maximum Gasteiger partial charge on any atom is 0.0706 e. The molecule has 1 saturated heterocycles. The predicted molar refractivity (Wildman–Crippen MR) is 75.9 cm³/mol. The van der Waals surface area contributed by atoms with Crippen LogP contribution in [0, 0.1) is 5.92 Å². The summed E-state index contributed by atoms with van der Waals surface area (Å²) in [6.07, 6.45) is 4.22. The van der Waals surface area contributed by atoms with Gasteiger partial charge in [-0.25, -0.2) is 0 Å². The Labute approximate surface area is 112 Å². The van der Waals surface area contributed by atoms with E-state index in [-0.39, 0.29) is 0 Å². The molecular weight excluding hydrogens is 244 g/mol. The number of pyridine rings is 1. The summed E-state index contributed by atoms with van der Waals surface area (Å²) in [5, 5.41) is 5.41. The van der Waals surface area contributed by atoms with E-state index in [1.165, 1.54) is 18.4 Å². The average Bonchev–Trinajstić information content (AvgIpc) is 2.39. The molecule has 1 aromatic carbocycles. The molecule has 0 radical (unpaired) electrons. The fourth-order valence-electron chi connectivity index (χ4n) is 2.61. The minimum atomic E-state index is 0.475. The van der Waals surface area contributed by atoms with Crippen LogP contribution in [0.15, 0.2) is 30.5 Å². The Kier molecular flexibility index (Phi) is 3.23. The van der Waals surface area contributed by atoms with Crippen molar-refractivity contribution >= 4 is 22.5 Å². The standard InChI is InChI=1S/C15H17ClN2/c1-10-2-5-14(17-8-10)12-4-3-11-6-13(16)9-18-15(11)7-12/h3-4,6-7,9-10,14,17H,2,5,8H2,1H3. The highest BCUT2D eigenvalue weighted by molar-refractivity contribution is 6.31. The monoisotopic (exact) mass is 260 g/mol. The summed E-state index contributed by atoms with van der Waals surface area (Å²) in [6, 6.07) is 8.92. The molecule has 2 atom stereocenters. The first-order chi connectivity index (χ1) is 8.72. The molecule has 0 aliphatic carbocycles. The van der Waals surface area contributed by atoms with Crippen molar-refractivity contribution in [3.05, 3.63) is 41.0 Å². The smallest absolute Gasteiger partial charge is 0.0706 e. The number of nitrogens with zero attached hydrogens (tertiary/aromatic N) is 1. The maximum absolute atomic E-state index is 5.95. The van der Waals surface area contributed by atoms with E-state index in [0.29, 0.717) is 11.1 Å². The van der Waals surface area contributed by atoms with Crippen LogP contribution in [0.2, 0.25) is 5.02 Å². The van der Waals surface area contributed by atoms with Crippen molar-refractivity contribution in [2.45, 2.75) is 25.8 Å². The molecule has 1 N–H and O–H groups in total. The maximum atomic E-state index is 5.95. The first kappa shape index (κ1) is 11.9. The van der Waals surface area contributed by atoms with Crippen LogP contribution in [-0.4, -0.2) is 11.5 Å². The molecule has 94 valence electrons. The van der Waals surface area contributed by atoms with Gasteiger partial charge in [0.15, 0.2) is 0 Å². The van der Waals surface area contributed by atoms with Crippen LogP contribution in [-0.2, 0) is 0 Å². The first-order valence-electron chi connectivity index (χ1n) is 6.51. The average molecular weight is 261 g/mol. The van der Waals surface area contributed by atoms with Crippen LogP contribution in [0.4, 0.5) is 0 Å². The van der Waals surface area contributed by atoms with Gasteiger partial charge in [0.2, 0.25) is 0 Å². The second-order valence-electron chi connectivity index (χ2n) is 5.25. The molecule has 1 aliphatic heterocycles. The minimum absolute atomic E-state index is 0.475. The molecule has 0 spiro atoms. The van der Waals surface area contributed by atoms with Gasteiger partial charge >= 0.3 is 0 Å². The van der Waals surface area contributed by atoms with Gasteiger partial charge in [-0.2, -0.15) is 0 Å². The zero-order valence-corrected chi connectivity index (χ0v) is 11.2. The summed E-state index contributed by atoms with van der Waals surface area (Å²) < 4.78 is 0. The van der Waals surface area contributed by atoms with Crippen molar-refractivity contribution in [1.82, 2.24) is 10.3 Å². The Morgan fingerprint density at radius 1 is 1.28 bits per heavy atom. The van der Waals surface area contributed by atoms with Crippen LogP contribution in [0.3, 0.4) is 0 Å². The third-order valence-corrected chi connectivity index (χ3v) is 3.94. The molecule has 2 aromatic rings. The van der Waals surface area contributed by atoms with Crippen molar-refractivity contribution in [2.24, 2.45) is 5.92 Å². The summed E-state index contributed by atoms with van der Waals surface area (Å²) >= 11 is 5.95. The topological polar surface area (TPSA) is 24.9 Å². The molecule has 0 bridgehead atoms. The predicted octanol–water partition coefficient (Wildman–Crippen LogP) is 3.95. The van der Waals surface area contributed by atoms with Gasteiger partial charge in [0.1, 0.15) is 0 Å². The first-order valence-corrected chi connectivity index (χ1v) is 6.89. The molecule has 0 amide bonds. The molecule has 3 heteroatoms. The Morgan fingerprint density at radius 2 is 2.17 bits per heavy atom. The van der Waals surface area contributed by atoms with E-state index in [1.807, 2.05) is 6.07 Å². The van der Waals surface area contributed by atoms with Crippen molar-refractivity contribution in [1.29, 1.82) is 0 Å². The van der Waals surface area contributed by atoms with Crippen molar-refractivity contribution in [3.63, 3.8) is 0 Å². The zero-order chi connectivity index (χ0) is 12.5. The quantitative estimate of drug-likeness (QED) is 0.840. The van der Waals surface area contributed by atoms with Crippen LogP contribution in [0.1, 0.15) is 31.4 Å². The molecule has 1 fully saturated rings. The second kappa shape index (κ2) is 4.87. The van der Waals surface area contributed by atoms with E-state index in [9.17, 15) is 0 Å². The van der Waals surface area contributed by atoms with Gasteiger partial charge in [0, 0.05) is 17.6 Å². The third-order valence-electron chi connectivity index (χ3n) is 3.74. The summed E-state index contributed by atoms with van der Waals surface area (Å²) in [5.41, 5.74) is 2.36. The molecular formula is C15H17ClN2. The van der Waals surface area contributed by atoms with E-state index < -0.39 is 0 Å². The van der Waals surface area contributed by atoms with Crippen LogP contribution in [0.25, 0.3) is 10.9 Å². The SMILES string of the molecule is CC1CCC(c2ccc3cc(Cl)cnc3c2)NC1. The van der Waals surface area contributed by atoms with E-state index in [2.05, 4.69) is 35.4 Å². The minimum Gasteiger partial charge on any atom is -0.310 e. The van der Waals surface area contributed by atoms with Crippen LogP contribution in [0.5, 0.6) is 0 Å². The van der Waals surface area contributed by atoms with Gasteiger partial charge in [0.05, 0.1) is 10.5 Å². The number of hydrogen-bond acceptors (Lipinski definition) is 2. The van der Waals surface area contributed by atoms with Gasteiger partial charge in [0.25, 0.3) is 0 Å². The van der Waals surface area contributed by atoms with E-state index >= 15 is 0 Å². The lowest BCUT2D eigenvalue weighted by atomic mass is 9.92. The second-order valence-corrected chi connectivity index (χ2v) is 5.69. The number of rotatable bonds is 1. The molecule has 2 unspecified atom stereocenters. The third kappa shape index (κ3) is 2.36. The number of nitrogens with one attached hydrogen (secondary N) is 1. The molecule has 0 saturated carbocycles. The highest BCUT2D eigenvalue weighted by Gasteiger charge is 2.18. The largest absolute Gasteiger partial charge is 0.310 e. The fraction of sp³-hybridized carbons (Fsp3) is 0.400. The van der Waals surface area contributed by atoms with E-state index in [4.69, 9.17) is 11.6 Å². The highest BCUT2D eigenvalue weighted by atomic mass is 35.5. The number of hydrogen-bond donors (Lipinski definition) is 1. The van der Waals surface area contributed by atoms with Gasteiger partial charge in [-0.05, 0) is 43.0 Å². The van der Waals surface area contributed by atoms with Crippen LogP contribution >= 0.6 is 11.6 Å². The van der Waals surface area contributed by atoms with Crippen LogP contribution < -0.4 is 5.32 Å². The fourth-order valence-corrected chi connectivity index (χ4v) is 2.78. The lowest BCUT2D eigenvalue weighted by molar-refractivity contribution is 0.333. The van der Waals surface area contributed by atoms with E-state index in [0.717, 1.165) is 23.4 Å². The van der Waals surface area contributed by atoms with Crippen molar-refractivity contribution in [2.75, 3.05) is 6.54 Å². The van der Waals surface area contributed by atoms with Crippen molar-refractivity contribution in [3.8, 4) is 0 Å². The lowest BCUT2D eigenvalue weighted by Gasteiger charge is -2.28. The molecule has 18 heavy (non-hydrogen) atoms. The molecule has 1 aromatic heterocycles. The lowest BCUT2D eigenvalue weighted by Crippen LogP contribution is -2.31. The summed E-state index contributed by atoms with van der Waals surface area (Å²) in [7, 11) is 0. The number of piperidine rings is 1. The molecule has 3 rings (SSSR count). The molecule has 2 heterocycles. The zero-order valence-electron chi connectivity index (χ0n) is 10.5. The van der Waals surface area contributed by atoms with Gasteiger partial charge < -0.3 is 5.32 Å². The Morgan fingerprint density at radius 3 is 2.94 bits per heavy atom. The Balaban J connectivity index is 1.91. The summed E-state index contributed by atoms with van der Waals surface area (Å²) in [5.74, 6) is 0.790. The Bertz CT molecular complexity index is 559. The highest BCUT2D eigenvalue weighted by Crippen LogP contribution is 2.27. The normalized spacial score (nSPS) is 24.3. The Hall–Kier alpha value is -1.12. The van der Waals surface area contributed by atoms with Crippen molar-refractivity contribution < 1.29 is 0 Å². The summed E-state index contributed by atoms with van der Waals surface area (Å²) in [6.45, 7) is 3.41. The van der Waals surface area contributed by atoms with Gasteiger partial charge in [-0.3, -0.25) is 4.98 Å². The van der Waals surface area contributed by atoms with Gasteiger partial charge in [-0.1, -0.05) is 30.7 Å². The number of aromatic nitrogens is 1. The number of benzene rings is 1. The molecule has 2 nitrogen and oxygen atoms in total.